The summed E-state index contributed by atoms with van der Waals surface area (Å²) in [6.45, 7) is 10.2. The summed E-state index contributed by atoms with van der Waals surface area (Å²) in [5.41, 5.74) is 4.64. The second kappa shape index (κ2) is 6.57. The molecule has 0 unspecified atom stereocenters. The molecule has 8 nitrogen and oxygen atoms in total. The first kappa shape index (κ1) is 17.9. The Morgan fingerprint density at radius 2 is 1.96 bits per heavy atom. The number of aromatic nitrogens is 7. The molecule has 0 radical (unpaired) electrons. The molecule has 4 heterocycles. The summed E-state index contributed by atoms with van der Waals surface area (Å²) in [6, 6.07) is 3.25. The van der Waals surface area contributed by atoms with Crippen molar-refractivity contribution in [3.63, 3.8) is 0 Å². The molecule has 4 rings (SSSR count). The molecule has 0 N–H and O–H groups in total. The van der Waals surface area contributed by atoms with Crippen LogP contribution >= 0.6 is 0 Å². The van der Waals surface area contributed by atoms with E-state index in [1.165, 1.54) is 0 Å². The maximum absolute atomic E-state index is 6.04. The largest absolute Gasteiger partial charge is 0.361 e. The summed E-state index contributed by atoms with van der Waals surface area (Å²) in [7, 11) is 0.792. The van der Waals surface area contributed by atoms with Gasteiger partial charge in [0.25, 0.3) is 0 Å². The Hall–Kier alpha value is -2.52. The number of ether oxygens (including phenoxy) is 1. The molecule has 27 heavy (non-hydrogen) atoms. The number of rotatable bonds is 6. The first-order chi connectivity index (χ1) is 12.8. The van der Waals surface area contributed by atoms with E-state index in [0.29, 0.717) is 6.73 Å². The van der Waals surface area contributed by atoms with Crippen molar-refractivity contribution in [1.29, 1.82) is 0 Å². The highest BCUT2D eigenvalue weighted by Gasteiger charge is 2.18. The Labute approximate surface area is 158 Å². The molecular formula is C18H25N7OSi. The van der Waals surface area contributed by atoms with E-state index in [2.05, 4.69) is 50.6 Å². The second-order valence-electron chi connectivity index (χ2n) is 8.12. The van der Waals surface area contributed by atoms with Crippen LogP contribution in [0, 0.1) is 6.92 Å². The minimum Gasteiger partial charge on any atom is -0.361 e. The quantitative estimate of drug-likeness (QED) is 0.378. The lowest BCUT2D eigenvalue weighted by Gasteiger charge is -2.16. The monoisotopic (exact) mass is 383 g/mol. The standard InChI is InChI=1S/C18H25N7OSi/c1-13-21-22-17-10-19-18-16(25(13)17)8-15(14-9-20-23(2)11-14)24(18)12-26-6-7-27(3,4)5/h8-11H,6-7,12H2,1-5H3. The van der Waals surface area contributed by atoms with Gasteiger partial charge in [0, 0.05) is 33.5 Å². The molecule has 0 aliphatic rings. The molecule has 0 spiro atoms. The van der Waals surface area contributed by atoms with Crippen LogP contribution in [0.25, 0.3) is 28.1 Å². The summed E-state index contributed by atoms with van der Waals surface area (Å²) in [5, 5.41) is 12.7. The fourth-order valence-electron chi connectivity index (χ4n) is 3.16. The third-order valence-corrected chi connectivity index (χ3v) is 6.36. The Morgan fingerprint density at radius 1 is 1.15 bits per heavy atom. The molecule has 0 bridgehead atoms. The van der Waals surface area contributed by atoms with Crippen molar-refractivity contribution in [3.8, 4) is 11.3 Å². The average Bonchev–Trinajstić information content (AvgIpc) is 3.28. The summed E-state index contributed by atoms with van der Waals surface area (Å²) >= 11 is 0. The van der Waals surface area contributed by atoms with E-state index in [9.17, 15) is 0 Å². The number of nitrogens with zero attached hydrogens (tertiary/aromatic N) is 7. The zero-order valence-corrected chi connectivity index (χ0v) is 17.5. The van der Waals surface area contributed by atoms with Crippen molar-refractivity contribution in [2.45, 2.75) is 39.3 Å². The lowest BCUT2D eigenvalue weighted by atomic mass is 10.2. The third kappa shape index (κ3) is 3.40. The van der Waals surface area contributed by atoms with Gasteiger partial charge in [0.2, 0.25) is 0 Å². The molecule has 0 amide bonds. The molecule has 0 aromatic carbocycles. The van der Waals surface area contributed by atoms with E-state index in [4.69, 9.17) is 4.74 Å². The summed E-state index contributed by atoms with van der Waals surface area (Å²) in [5.74, 6) is 0.840. The predicted molar refractivity (Wildman–Crippen MR) is 107 cm³/mol. The van der Waals surface area contributed by atoms with Gasteiger partial charge in [0.1, 0.15) is 12.6 Å². The molecule has 4 aromatic heterocycles. The fraction of sp³-hybridized carbons (Fsp3) is 0.444. The second-order valence-corrected chi connectivity index (χ2v) is 13.7. The maximum Gasteiger partial charge on any atom is 0.179 e. The van der Waals surface area contributed by atoms with Gasteiger partial charge in [-0.05, 0) is 19.0 Å². The van der Waals surface area contributed by atoms with E-state index in [-0.39, 0.29) is 0 Å². The first-order valence-electron chi connectivity index (χ1n) is 9.10. The van der Waals surface area contributed by atoms with Gasteiger partial charge in [0.05, 0.1) is 23.6 Å². The van der Waals surface area contributed by atoms with Gasteiger partial charge in [-0.2, -0.15) is 5.10 Å². The highest BCUT2D eigenvalue weighted by atomic mass is 28.3. The first-order valence-corrected chi connectivity index (χ1v) is 12.8. The molecule has 0 fully saturated rings. The van der Waals surface area contributed by atoms with Crippen molar-refractivity contribution >= 4 is 24.9 Å². The van der Waals surface area contributed by atoms with Gasteiger partial charge in [-0.3, -0.25) is 13.6 Å². The Kier molecular flexibility index (Phi) is 4.35. The lowest BCUT2D eigenvalue weighted by molar-refractivity contribution is 0.0909. The van der Waals surface area contributed by atoms with Crippen molar-refractivity contribution in [3.05, 3.63) is 30.5 Å². The third-order valence-electron chi connectivity index (χ3n) is 4.66. The summed E-state index contributed by atoms with van der Waals surface area (Å²) in [6.07, 6.45) is 5.62. The number of fused-ring (bicyclic) bond motifs is 3. The smallest absolute Gasteiger partial charge is 0.179 e. The predicted octanol–water partition coefficient (Wildman–Crippen LogP) is 3.10. The Morgan fingerprint density at radius 3 is 2.67 bits per heavy atom. The summed E-state index contributed by atoms with van der Waals surface area (Å²) in [4.78, 5) is 4.64. The SMILES string of the molecule is Cc1nnc2cnc3c(cc(-c4cnn(C)c4)n3COCC[Si](C)(C)C)n12. The van der Waals surface area contributed by atoms with E-state index in [1.807, 2.05) is 30.8 Å². The van der Waals surface area contributed by atoms with Crippen molar-refractivity contribution in [1.82, 2.24) is 33.9 Å². The minimum absolute atomic E-state index is 0.456. The molecule has 4 aromatic rings. The Balaban J connectivity index is 1.78. The van der Waals surface area contributed by atoms with Crippen molar-refractivity contribution in [2.75, 3.05) is 6.61 Å². The van der Waals surface area contributed by atoms with Crippen LogP contribution in [-0.4, -0.2) is 48.6 Å². The highest BCUT2D eigenvalue weighted by Crippen LogP contribution is 2.28. The van der Waals surface area contributed by atoms with E-state index in [0.717, 1.165) is 46.5 Å². The van der Waals surface area contributed by atoms with Gasteiger partial charge in [-0.25, -0.2) is 4.98 Å². The Bertz CT molecular complexity index is 1100. The molecule has 9 heteroatoms. The fourth-order valence-corrected chi connectivity index (χ4v) is 3.92. The number of aryl methyl sites for hydroxylation is 2. The molecule has 0 saturated heterocycles. The van der Waals surface area contributed by atoms with E-state index >= 15 is 0 Å². The zero-order chi connectivity index (χ0) is 19.2. The van der Waals surface area contributed by atoms with Gasteiger partial charge in [0.15, 0.2) is 11.3 Å². The van der Waals surface area contributed by atoms with Gasteiger partial charge in [-0.1, -0.05) is 19.6 Å². The maximum atomic E-state index is 6.04. The molecule has 0 saturated carbocycles. The van der Waals surface area contributed by atoms with Crippen LogP contribution in [0.5, 0.6) is 0 Å². The van der Waals surface area contributed by atoms with Crippen LogP contribution in [0.3, 0.4) is 0 Å². The molecule has 0 aliphatic carbocycles. The van der Waals surface area contributed by atoms with E-state index in [1.54, 1.807) is 10.9 Å². The van der Waals surface area contributed by atoms with Gasteiger partial charge < -0.3 is 4.74 Å². The molecule has 0 aliphatic heterocycles. The summed E-state index contributed by atoms with van der Waals surface area (Å²) < 4.78 is 12.0. The molecule has 0 atom stereocenters. The molecule has 142 valence electrons. The normalized spacial score (nSPS) is 12.5. The van der Waals surface area contributed by atoms with Gasteiger partial charge in [-0.15, -0.1) is 10.2 Å². The number of hydrogen-bond donors (Lipinski definition) is 0. The van der Waals surface area contributed by atoms with Crippen LogP contribution in [-0.2, 0) is 18.5 Å². The number of hydrogen-bond acceptors (Lipinski definition) is 5. The van der Waals surface area contributed by atoms with Gasteiger partial charge >= 0.3 is 0 Å². The van der Waals surface area contributed by atoms with Crippen LogP contribution < -0.4 is 0 Å². The average molecular weight is 384 g/mol. The lowest BCUT2D eigenvalue weighted by Crippen LogP contribution is -2.22. The van der Waals surface area contributed by atoms with E-state index < -0.39 is 8.07 Å². The van der Waals surface area contributed by atoms with Crippen LogP contribution in [0.1, 0.15) is 5.82 Å². The highest BCUT2D eigenvalue weighted by molar-refractivity contribution is 6.76. The van der Waals surface area contributed by atoms with Crippen LogP contribution in [0.15, 0.2) is 24.7 Å². The molecular weight excluding hydrogens is 358 g/mol. The van der Waals surface area contributed by atoms with Crippen molar-refractivity contribution in [2.24, 2.45) is 7.05 Å². The van der Waals surface area contributed by atoms with Crippen molar-refractivity contribution < 1.29 is 4.74 Å². The zero-order valence-electron chi connectivity index (χ0n) is 16.5. The minimum atomic E-state index is -1.13. The van der Waals surface area contributed by atoms with Crippen LogP contribution in [0.4, 0.5) is 0 Å². The topological polar surface area (TPSA) is 75.1 Å². The van der Waals surface area contributed by atoms with Crippen LogP contribution in [0.2, 0.25) is 25.7 Å².